The first kappa shape index (κ1) is 22.3. The van der Waals surface area contributed by atoms with Crippen LogP contribution in [0.25, 0.3) is 0 Å². The van der Waals surface area contributed by atoms with Crippen LogP contribution in [0.5, 0.6) is 11.5 Å². The Morgan fingerprint density at radius 3 is 2.34 bits per heavy atom. The molecule has 2 amide bonds. The molecule has 1 N–H and O–H groups in total. The van der Waals surface area contributed by atoms with Gasteiger partial charge in [-0.25, -0.2) is 0 Å². The summed E-state index contributed by atoms with van der Waals surface area (Å²) in [6, 6.07) is 13.3. The Labute approximate surface area is 172 Å². The maximum absolute atomic E-state index is 12.4. The molecule has 2 rings (SSSR count). The summed E-state index contributed by atoms with van der Waals surface area (Å²) in [6.45, 7) is 6.66. The number of anilines is 1. The van der Waals surface area contributed by atoms with Crippen LogP contribution in [0.2, 0.25) is 0 Å². The van der Waals surface area contributed by atoms with E-state index < -0.39 is 0 Å². The molecule has 0 saturated carbocycles. The molecule has 0 spiro atoms. The second-order valence-electron chi connectivity index (χ2n) is 6.79. The van der Waals surface area contributed by atoms with Gasteiger partial charge in [-0.2, -0.15) is 0 Å². The smallest absolute Gasteiger partial charge is 0.226 e. The summed E-state index contributed by atoms with van der Waals surface area (Å²) in [5, 5.41) is 3.00. The van der Waals surface area contributed by atoms with Crippen LogP contribution in [0.15, 0.2) is 42.5 Å². The lowest BCUT2D eigenvalue weighted by atomic mass is 10.1. The standard InChI is InChI=1S/C23H30N2O4/c1-5-19-8-6-7-17(2)23(19)24-22(27)13-14-25(18(3)26)15-16-29-21-11-9-20(28-4)10-12-21/h6-12H,5,13-16H2,1-4H3,(H,24,27). The number of nitrogens with one attached hydrogen (secondary N) is 1. The van der Waals surface area contributed by atoms with Gasteiger partial charge in [-0.1, -0.05) is 25.1 Å². The minimum atomic E-state index is -0.101. The fourth-order valence-corrected chi connectivity index (χ4v) is 3.01. The Morgan fingerprint density at radius 2 is 1.72 bits per heavy atom. The van der Waals surface area contributed by atoms with Gasteiger partial charge in [0.2, 0.25) is 11.8 Å². The first-order valence-corrected chi connectivity index (χ1v) is 9.85. The zero-order valence-electron chi connectivity index (χ0n) is 17.7. The number of carbonyl (C=O) groups is 2. The van der Waals surface area contributed by atoms with Gasteiger partial charge < -0.3 is 19.7 Å². The molecule has 0 aliphatic carbocycles. The number of methoxy groups -OCH3 is 1. The monoisotopic (exact) mass is 398 g/mol. The van der Waals surface area contributed by atoms with Gasteiger partial charge in [0.25, 0.3) is 0 Å². The SMILES string of the molecule is CCc1cccc(C)c1NC(=O)CCN(CCOc1ccc(OC)cc1)C(C)=O. The number of rotatable bonds is 10. The highest BCUT2D eigenvalue weighted by Crippen LogP contribution is 2.21. The summed E-state index contributed by atoms with van der Waals surface area (Å²) in [5.41, 5.74) is 3.01. The van der Waals surface area contributed by atoms with E-state index in [0.29, 0.717) is 25.4 Å². The maximum Gasteiger partial charge on any atom is 0.226 e. The van der Waals surface area contributed by atoms with Gasteiger partial charge in [-0.15, -0.1) is 0 Å². The van der Waals surface area contributed by atoms with E-state index in [-0.39, 0.29) is 18.2 Å². The molecular weight excluding hydrogens is 368 g/mol. The minimum absolute atomic E-state index is 0.0822. The second-order valence-corrected chi connectivity index (χ2v) is 6.79. The topological polar surface area (TPSA) is 67.9 Å². The first-order chi connectivity index (χ1) is 13.9. The van der Waals surface area contributed by atoms with E-state index in [1.165, 1.54) is 6.92 Å². The van der Waals surface area contributed by atoms with Crippen molar-refractivity contribution >= 4 is 17.5 Å². The van der Waals surface area contributed by atoms with Crippen LogP contribution in [-0.4, -0.2) is 43.5 Å². The third kappa shape index (κ3) is 6.82. The van der Waals surface area contributed by atoms with Crippen molar-refractivity contribution in [2.24, 2.45) is 0 Å². The van der Waals surface area contributed by atoms with E-state index in [4.69, 9.17) is 9.47 Å². The molecule has 6 nitrogen and oxygen atoms in total. The van der Waals surface area contributed by atoms with E-state index in [1.54, 1.807) is 12.0 Å². The van der Waals surface area contributed by atoms with Gasteiger partial charge >= 0.3 is 0 Å². The van der Waals surface area contributed by atoms with Crippen molar-refractivity contribution in [3.63, 3.8) is 0 Å². The number of carbonyl (C=O) groups excluding carboxylic acids is 2. The van der Waals surface area contributed by atoms with Gasteiger partial charge in [0.05, 0.1) is 13.7 Å². The Kier molecular flexibility index (Phi) is 8.52. The summed E-state index contributed by atoms with van der Waals surface area (Å²) < 4.78 is 10.8. The Hall–Kier alpha value is -3.02. The molecule has 29 heavy (non-hydrogen) atoms. The third-order valence-corrected chi connectivity index (χ3v) is 4.75. The highest BCUT2D eigenvalue weighted by atomic mass is 16.5. The molecule has 0 atom stereocenters. The van der Waals surface area contributed by atoms with Crippen molar-refractivity contribution in [3.8, 4) is 11.5 Å². The van der Waals surface area contributed by atoms with E-state index in [2.05, 4.69) is 12.2 Å². The van der Waals surface area contributed by atoms with Crippen LogP contribution in [0.3, 0.4) is 0 Å². The molecule has 2 aromatic carbocycles. The average molecular weight is 399 g/mol. The van der Waals surface area contributed by atoms with Gasteiger partial charge in [0, 0.05) is 25.6 Å². The van der Waals surface area contributed by atoms with Crippen molar-refractivity contribution in [2.75, 3.05) is 32.1 Å². The quantitative estimate of drug-likeness (QED) is 0.661. The fraction of sp³-hybridized carbons (Fsp3) is 0.391. The molecule has 0 fully saturated rings. The predicted octanol–water partition coefficient (Wildman–Crippen LogP) is 3.82. The van der Waals surface area contributed by atoms with Gasteiger partial charge in [-0.3, -0.25) is 9.59 Å². The lowest BCUT2D eigenvalue weighted by Gasteiger charge is -2.21. The molecular formula is C23H30N2O4. The van der Waals surface area contributed by atoms with Crippen LogP contribution in [0.4, 0.5) is 5.69 Å². The van der Waals surface area contributed by atoms with Crippen molar-refractivity contribution in [1.82, 2.24) is 4.90 Å². The summed E-state index contributed by atoms with van der Waals surface area (Å²) in [5.74, 6) is 1.28. The molecule has 0 saturated heterocycles. The van der Waals surface area contributed by atoms with Crippen LogP contribution in [0, 0.1) is 6.92 Å². The van der Waals surface area contributed by atoms with E-state index in [0.717, 1.165) is 29.0 Å². The molecule has 0 unspecified atom stereocenters. The normalized spacial score (nSPS) is 10.3. The van der Waals surface area contributed by atoms with Crippen LogP contribution in [0.1, 0.15) is 31.4 Å². The number of hydrogen-bond acceptors (Lipinski definition) is 4. The third-order valence-electron chi connectivity index (χ3n) is 4.75. The molecule has 0 aromatic heterocycles. The van der Waals surface area contributed by atoms with Gasteiger partial charge in [0.15, 0.2) is 0 Å². The lowest BCUT2D eigenvalue weighted by molar-refractivity contribution is -0.129. The van der Waals surface area contributed by atoms with E-state index >= 15 is 0 Å². The number of para-hydroxylation sites is 1. The van der Waals surface area contributed by atoms with Crippen molar-refractivity contribution in [3.05, 3.63) is 53.6 Å². The summed E-state index contributed by atoms with van der Waals surface area (Å²) in [4.78, 5) is 26.0. The van der Waals surface area contributed by atoms with E-state index in [9.17, 15) is 9.59 Å². The van der Waals surface area contributed by atoms with Crippen LogP contribution >= 0.6 is 0 Å². The van der Waals surface area contributed by atoms with E-state index in [1.807, 2.05) is 49.4 Å². The summed E-state index contributed by atoms with van der Waals surface area (Å²) >= 11 is 0. The Bertz CT molecular complexity index is 818. The number of amides is 2. The van der Waals surface area contributed by atoms with Crippen molar-refractivity contribution in [1.29, 1.82) is 0 Å². The molecule has 2 aromatic rings. The van der Waals surface area contributed by atoms with Crippen LogP contribution < -0.4 is 14.8 Å². The first-order valence-electron chi connectivity index (χ1n) is 9.85. The van der Waals surface area contributed by atoms with Crippen molar-refractivity contribution < 1.29 is 19.1 Å². The molecule has 0 heterocycles. The number of hydrogen-bond donors (Lipinski definition) is 1. The predicted molar refractivity (Wildman–Crippen MR) is 115 cm³/mol. The minimum Gasteiger partial charge on any atom is -0.497 e. The lowest BCUT2D eigenvalue weighted by Crippen LogP contribution is -2.35. The average Bonchev–Trinajstić information content (AvgIpc) is 2.72. The molecule has 0 aliphatic heterocycles. The fourth-order valence-electron chi connectivity index (χ4n) is 3.01. The zero-order chi connectivity index (χ0) is 21.2. The highest BCUT2D eigenvalue weighted by Gasteiger charge is 2.13. The molecule has 0 radical (unpaired) electrons. The molecule has 0 bridgehead atoms. The highest BCUT2D eigenvalue weighted by molar-refractivity contribution is 5.92. The van der Waals surface area contributed by atoms with Gasteiger partial charge in [-0.05, 0) is 48.7 Å². The Morgan fingerprint density at radius 1 is 1.03 bits per heavy atom. The second kappa shape index (κ2) is 11.1. The van der Waals surface area contributed by atoms with Crippen LogP contribution in [-0.2, 0) is 16.0 Å². The molecule has 0 aliphatic rings. The number of benzene rings is 2. The summed E-state index contributed by atoms with van der Waals surface area (Å²) in [7, 11) is 1.61. The maximum atomic E-state index is 12.4. The molecule has 156 valence electrons. The molecule has 6 heteroatoms. The zero-order valence-corrected chi connectivity index (χ0v) is 17.7. The van der Waals surface area contributed by atoms with Crippen molar-refractivity contribution in [2.45, 2.75) is 33.6 Å². The van der Waals surface area contributed by atoms with Gasteiger partial charge in [0.1, 0.15) is 18.1 Å². The summed E-state index contributed by atoms with van der Waals surface area (Å²) in [6.07, 6.45) is 1.08. The Balaban J connectivity index is 1.84. The largest absolute Gasteiger partial charge is 0.497 e. The number of nitrogens with zero attached hydrogens (tertiary/aromatic N) is 1. The number of aryl methyl sites for hydroxylation is 2. The number of ether oxygens (including phenoxy) is 2.